The van der Waals surface area contributed by atoms with E-state index in [1.165, 1.54) is 5.56 Å². The molecule has 0 aliphatic heterocycles. The molecule has 2 aromatic rings. The molecule has 0 atom stereocenters. The molecule has 0 unspecified atom stereocenters. The van der Waals surface area contributed by atoms with Gasteiger partial charge in [0.2, 0.25) is 0 Å². The van der Waals surface area contributed by atoms with Gasteiger partial charge in [-0.1, -0.05) is 31.0 Å². The van der Waals surface area contributed by atoms with Gasteiger partial charge in [-0.25, -0.2) is 4.68 Å². The largest absolute Gasteiger partial charge is 0.471 e. The molecule has 5 heteroatoms. The Morgan fingerprint density at radius 2 is 2.14 bits per heavy atom. The lowest BCUT2D eigenvalue weighted by Gasteiger charge is -2.09. The van der Waals surface area contributed by atoms with Gasteiger partial charge >= 0.3 is 0 Å². The summed E-state index contributed by atoms with van der Waals surface area (Å²) in [4.78, 5) is 11.9. The number of nitrogens with one attached hydrogen (secondary N) is 1. The molecule has 0 fully saturated rings. The van der Waals surface area contributed by atoms with E-state index < -0.39 is 0 Å². The average molecular weight is 301 g/mol. The number of amides is 1. The zero-order valence-electron chi connectivity index (χ0n) is 13.4. The maximum Gasteiger partial charge on any atom is 0.271 e. The van der Waals surface area contributed by atoms with Gasteiger partial charge in [0, 0.05) is 12.7 Å². The van der Waals surface area contributed by atoms with E-state index in [-0.39, 0.29) is 12.6 Å². The van der Waals surface area contributed by atoms with Gasteiger partial charge in [-0.3, -0.25) is 4.79 Å². The molecule has 2 rings (SSSR count). The van der Waals surface area contributed by atoms with Gasteiger partial charge in [-0.15, -0.1) is 0 Å². The number of hydrogen-bond acceptors (Lipinski definition) is 3. The zero-order chi connectivity index (χ0) is 15.9. The quantitative estimate of drug-likeness (QED) is 0.800. The Morgan fingerprint density at radius 3 is 2.86 bits per heavy atom. The zero-order valence-corrected chi connectivity index (χ0v) is 13.4. The standard InChI is InChI=1S/C17H23N3O2/c1-4-5-9-18-17(21)15-8-10-20(19-15)12-22-16-7-6-13(2)11-14(16)3/h6-8,10-11H,4-5,9,12H2,1-3H3,(H,18,21). The summed E-state index contributed by atoms with van der Waals surface area (Å²) >= 11 is 0. The third-order valence-corrected chi connectivity index (χ3v) is 3.37. The van der Waals surface area contributed by atoms with E-state index in [9.17, 15) is 4.79 Å². The summed E-state index contributed by atoms with van der Waals surface area (Å²) < 4.78 is 7.36. The fraction of sp³-hybridized carbons (Fsp3) is 0.412. The lowest BCUT2D eigenvalue weighted by Crippen LogP contribution is -2.25. The van der Waals surface area contributed by atoms with Crippen LogP contribution >= 0.6 is 0 Å². The number of unbranched alkanes of at least 4 members (excludes halogenated alkanes) is 1. The Balaban J connectivity index is 1.90. The fourth-order valence-electron chi connectivity index (χ4n) is 2.12. The second-order valence-corrected chi connectivity index (χ2v) is 5.39. The number of ether oxygens (including phenoxy) is 1. The van der Waals surface area contributed by atoms with Crippen LogP contribution in [0.5, 0.6) is 5.75 Å². The average Bonchev–Trinajstić information content (AvgIpc) is 2.95. The van der Waals surface area contributed by atoms with E-state index in [1.54, 1.807) is 16.9 Å². The van der Waals surface area contributed by atoms with Crippen LogP contribution in [0.25, 0.3) is 0 Å². The van der Waals surface area contributed by atoms with Crippen LogP contribution in [0.4, 0.5) is 0 Å². The molecule has 1 N–H and O–H groups in total. The van der Waals surface area contributed by atoms with Gasteiger partial charge in [-0.05, 0) is 38.0 Å². The Morgan fingerprint density at radius 1 is 1.32 bits per heavy atom. The second-order valence-electron chi connectivity index (χ2n) is 5.39. The minimum Gasteiger partial charge on any atom is -0.471 e. The molecule has 22 heavy (non-hydrogen) atoms. The SMILES string of the molecule is CCCCNC(=O)c1ccn(COc2ccc(C)cc2C)n1. The van der Waals surface area contributed by atoms with Gasteiger partial charge in [-0.2, -0.15) is 5.10 Å². The molecular formula is C17H23N3O2. The predicted octanol–water partition coefficient (Wildman–Crippen LogP) is 3.07. The third-order valence-electron chi connectivity index (χ3n) is 3.37. The minimum atomic E-state index is -0.140. The Hall–Kier alpha value is -2.30. The second kappa shape index (κ2) is 7.64. The van der Waals surface area contributed by atoms with Gasteiger partial charge in [0.25, 0.3) is 5.91 Å². The van der Waals surface area contributed by atoms with Crippen LogP contribution < -0.4 is 10.1 Å². The summed E-state index contributed by atoms with van der Waals surface area (Å²) in [5.74, 6) is 0.689. The minimum absolute atomic E-state index is 0.140. The van der Waals surface area contributed by atoms with Crippen molar-refractivity contribution in [3.63, 3.8) is 0 Å². The topological polar surface area (TPSA) is 56.2 Å². The molecule has 1 aromatic carbocycles. The van der Waals surface area contributed by atoms with Crippen molar-refractivity contribution in [3.05, 3.63) is 47.3 Å². The molecule has 1 aromatic heterocycles. The van der Waals surface area contributed by atoms with Gasteiger partial charge in [0.1, 0.15) is 11.4 Å². The summed E-state index contributed by atoms with van der Waals surface area (Å²) in [6.07, 6.45) is 3.78. The first-order chi connectivity index (χ1) is 10.6. The van der Waals surface area contributed by atoms with E-state index in [0.29, 0.717) is 12.2 Å². The fourth-order valence-corrected chi connectivity index (χ4v) is 2.12. The monoisotopic (exact) mass is 301 g/mol. The molecule has 1 heterocycles. The van der Waals surface area contributed by atoms with Crippen LogP contribution in [-0.4, -0.2) is 22.2 Å². The van der Waals surface area contributed by atoms with Crippen LogP contribution in [0.15, 0.2) is 30.5 Å². The van der Waals surface area contributed by atoms with E-state index in [2.05, 4.69) is 23.4 Å². The lowest BCUT2D eigenvalue weighted by atomic mass is 10.1. The molecule has 0 aliphatic carbocycles. The number of nitrogens with zero attached hydrogens (tertiary/aromatic N) is 2. The highest BCUT2D eigenvalue weighted by atomic mass is 16.5. The highest BCUT2D eigenvalue weighted by Crippen LogP contribution is 2.18. The number of aromatic nitrogens is 2. The summed E-state index contributed by atoms with van der Waals surface area (Å²) in [5.41, 5.74) is 2.71. The number of benzene rings is 1. The van der Waals surface area contributed by atoms with Crippen LogP contribution in [0.1, 0.15) is 41.4 Å². The molecule has 0 saturated heterocycles. The van der Waals surface area contributed by atoms with Crippen molar-refractivity contribution in [1.82, 2.24) is 15.1 Å². The highest BCUT2D eigenvalue weighted by Gasteiger charge is 2.09. The van der Waals surface area contributed by atoms with Crippen LogP contribution in [0.3, 0.4) is 0 Å². The van der Waals surface area contributed by atoms with Crippen LogP contribution in [0.2, 0.25) is 0 Å². The number of rotatable bonds is 7. The maximum absolute atomic E-state index is 11.9. The van der Waals surface area contributed by atoms with Crippen molar-refractivity contribution in [3.8, 4) is 5.75 Å². The Labute approximate surface area is 131 Å². The molecule has 0 radical (unpaired) electrons. The number of hydrogen-bond donors (Lipinski definition) is 1. The van der Waals surface area contributed by atoms with Crippen molar-refractivity contribution in [1.29, 1.82) is 0 Å². The third kappa shape index (κ3) is 4.35. The summed E-state index contributed by atoms with van der Waals surface area (Å²) in [6, 6.07) is 7.74. The van der Waals surface area contributed by atoms with Gasteiger partial charge in [0.15, 0.2) is 6.73 Å². The first-order valence-electron chi connectivity index (χ1n) is 7.62. The molecule has 118 valence electrons. The van der Waals surface area contributed by atoms with Crippen molar-refractivity contribution in [2.24, 2.45) is 0 Å². The highest BCUT2D eigenvalue weighted by molar-refractivity contribution is 5.92. The molecule has 0 spiro atoms. The molecular weight excluding hydrogens is 278 g/mol. The first-order valence-corrected chi connectivity index (χ1v) is 7.62. The Kier molecular flexibility index (Phi) is 5.58. The van der Waals surface area contributed by atoms with Gasteiger partial charge < -0.3 is 10.1 Å². The van der Waals surface area contributed by atoms with Crippen molar-refractivity contribution < 1.29 is 9.53 Å². The molecule has 0 aliphatic rings. The molecule has 5 nitrogen and oxygen atoms in total. The van der Waals surface area contributed by atoms with Gasteiger partial charge in [0.05, 0.1) is 0 Å². The van der Waals surface area contributed by atoms with E-state index in [0.717, 1.165) is 24.2 Å². The van der Waals surface area contributed by atoms with Crippen molar-refractivity contribution in [2.75, 3.05) is 6.54 Å². The van der Waals surface area contributed by atoms with Crippen molar-refractivity contribution in [2.45, 2.75) is 40.3 Å². The molecule has 0 bridgehead atoms. The summed E-state index contributed by atoms with van der Waals surface area (Å²) in [6.45, 7) is 7.12. The number of aryl methyl sites for hydroxylation is 2. The van der Waals surface area contributed by atoms with E-state index in [4.69, 9.17) is 4.74 Å². The molecule has 0 saturated carbocycles. The van der Waals surface area contributed by atoms with Crippen LogP contribution in [0, 0.1) is 13.8 Å². The maximum atomic E-state index is 11.9. The normalized spacial score (nSPS) is 10.5. The number of carbonyl (C=O) groups is 1. The first kappa shape index (κ1) is 16.1. The van der Waals surface area contributed by atoms with Crippen LogP contribution in [-0.2, 0) is 6.73 Å². The number of carbonyl (C=O) groups excluding carboxylic acids is 1. The molecule has 1 amide bonds. The summed E-state index contributed by atoms with van der Waals surface area (Å²) in [5, 5.41) is 7.08. The van der Waals surface area contributed by atoms with Crippen molar-refractivity contribution >= 4 is 5.91 Å². The predicted molar refractivity (Wildman–Crippen MR) is 86.0 cm³/mol. The summed E-state index contributed by atoms with van der Waals surface area (Å²) in [7, 11) is 0. The van der Waals surface area contributed by atoms with E-state index >= 15 is 0 Å². The Bertz CT molecular complexity index is 635. The lowest BCUT2D eigenvalue weighted by molar-refractivity contribution is 0.0946. The smallest absolute Gasteiger partial charge is 0.271 e. The van der Waals surface area contributed by atoms with E-state index in [1.807, 2.05) is 26.0 Å².